The SMILES string of the molecule is CCCn1cc(NC2CC(OCC)C23CCC3)ccc1=O. The van der Waals surface area contributed by atoms with Crippen LogP contribution in [0.25, 0.3) is 0 Å². The topological polar surface area (TPSA) is 43.3 Å². The molecule has 4 nitrogen and oxygen atoms in total. The lowest BCUT2D eigenvalue weighted by atomic mass is 9.51. The smallest absolute Gasteiger partial charge is 0.250 e. The number of nitrogens with one attached hydrogen (secondary N) is 1. The lowest BCUT2D eigenvalue weighted by Gasteiger charge is -2.61. The van der Waals surface area contributed by atoms with Crippen molar-refractivity contribution in [2.75, 3.05) is 11.9 Å². The van der Waals surface area contributed by atoms with Crippen LogP contribution in [-0.2, 0) is 11.3 Å². The monoisotopic (exact) mass is 290 g/mol. The Morgan fingerprint density at radius 3 is 2.81 bits per heavy atom. The van der Waals surface area contributed by atoms with Gasteiger partial charge in [-0.05, 0) is 38.7 Å². The molecule has 4 heteroatoms. The summed E-state index contributed by atoms with van der Waals surface area (Å²) in [5.41, 5.74) is 1.50. The van der Waals surface area contributed by atoms with Gasteiger partial charge in [0.2, 0.25) is 0 Å². The minimum absolute atomic E-state index is 0.0848. The summed E-state index contributed by atoms with van der Waals surface area (Å²) in [7, 11) is 0. The molecule has 116 valence electrons. The van der Waals surface area contributed by atoms with E-state index in [2.05, 4.69) is 19.2 Å². The molecule has 21 heavy (non-hydrogen) atoms. The Labute approximate surface area is 126 Å². The first-order chi connectivity index (χ1) is 10.2. The van der Waals surface area contributed by atoms with Gasteiger partial charge in [0.05, 0.1) is 11.8 Å². The van der Waals surface area contributed by atoms with Gasteiger partial charge < -0.3 is 14.6 Å². The first kappa shape index (κ1) is 14.6. The summed E-state index contributed by atoms with van der Waals surface area (Å²) < 4.78 is 7.69. The van der Waals surface area contributed by atoms with Gasteiger partial charge >= 0.3 is 0 Å². The number of aromatic nitrogens is 1. The maximum absolute atomic E-state index is 11.8. The van der Waals surface area contributed by atoms with E-state index in [0.717, 1.165) is 31.7 Å². The largest absolute Gasteiger partial charge is 0.380 e. The zero-order chi connectivity index (χ0) is 14.9. The van der Waals surface area contributed by atoms with E-state index in [1.54, 1.807) is 10.6 Å². The highest BCUT2D eigenvalue weighted by atomic mass is 16.5. The molecular weight excluding hydrogens is 264 g/mol. The van der Waals surface area contributed by atoms with E-state index in [9.17, 15) is 4.79 Å². The number of rotatable bonds is 6. The van der Waals surface area contributed by atoms with E-state index in [0.29, 0.717) is 17.6 Å². The van der Waals surface area contributed by atoms with Crippen molar-refractivity contribution in [3.63, 3.8) is 0 Å². The van der Waals surface area contributed by atoms with E-state index in [1.807, 2.05) is 12.3 Å². The van der Waals surface area contributed by atoms with Crippen molar-refractivity contribution < 1.29 is 4.74 Å². The number of hydrogen-bond acceptors (Lipinski definition) is 3. The summed E-state index contributed by atoms with van der Waals surface area (Å²) in [4.78, 5) is 11.8. The van der Waals surface area contributed by atoms with Gasteiger partial charge in [-0.3, -0.25) is 4.79 Å². The van der Waals surface area contributed by atoms with Gasteiger partial charge in [-0.2, -0.15) is 0 Å². The third kappa shape index (κ3) is 2.50. The van der Waals surface area contributed by atoms with E-state index >= 15 is 0 Å². The Morgan fingerprint density at radius 1 is 1.38 bits per heavy atom. The maximum atomic E-state index is 11.8. The molecular formula is C17H26N2O2. The third-order valence-corrected chi connectivity index (χ3v) is 5.23. The van der Waals surface area contributed by atoms with Gasteiger partial charge in [-0.25, -0.2) is 0 Å². The number of anilines is 1. The van der Waals surface area contributed by atoms with E-state index < -0.39 is 0 Å². The molecule has 0 saturated heterocycles. The number of aryl methyl sites for hydroxylation is 1. The molecule has 0 aliphatic heterocycles. The normalized spacial score (nSPS) is 26.2. The second-order valence-electron chi connectivity index (χ2n) is 6.41. The van der Waals surface area contributed by atoms with Gasteiger partial charge in [0.25, 0.3) is 5.56 Å². The quantitative estimate of drug-likeness (QED) is 0.876. The van der Waals surface area contributed by atoms with Crippen molar-refractivity contribution in [2.45, 2.75) is 64.6 Å². The van der Waals surface area contributed by atoms with Crippen molar-refractivity contribution in [2.24, 2.45) is 5.41 Å². The molecule has 1 aromatic heterocycles. The highest BCUT2D eigenvalue weighted by Crippen LogP contribution is 2.58. The van der Waals surface area contributed by atoms with Crippen LogP contribution in [0.2, 0.25) is 0 Å². The van der Waals surface area contributed by atoms with Gasteiger partial charge in [0.15, 0.2) is 0 Å². The van der Waals surface area contributed by atoms with Crippen LogP contribution in [-0.4, -0.2) is 23.3 Å². The van der Waals surface area contributed by atoms with Crippen molar-refractivity contribution in [3.8, 4) is 0 Å². The summed E-state index contributed by atoms with van der Waals surface area (Å²) in [5.74, 6) is 0. The van der Waals surface area contributed by atoms with Crippen LogP contribution in [0.1, 0.15) is 46.0 Å². The Kier molecular flexibility index (Phi) is 4.07. The number of pyridine rings is 1. The molecule has 1 heterocycles. The lowest BCUT2D eigenvalue weighted by molar-refractivity contribution is -0.157. The Balaban J connectivity index is 1.70. The van der Waals surface area contributed by atoms with Gasteiger partial charge in [0.1, 0.15) is 0 Å². The Hall–Kier alpha value is -1.29. The van der Waals surface area contributed by atoms with Crippen LogP contribution < -0.4 is 10.9 Å². The van der Waals surface area contributed by atoms with E-state index in [4.69, 9.17) is 4.74 Å². The van der Waals surface area contributed by atoms with Crippen molar-refractivity contribution in [1.82, 2.24) is 4.57 Å². The lowest BCUT2D eigenvalue weighted by Crippen LogP contribution is -2.64. The highest BCUT2D eigenvalue weighted by Gasteiger charge is 2.58. The molecule has 2 saturated carbocycles. The fourth-order valence-electron chi connectivity index (χ4n) is 3.87. The standard InChI is InChI=1S/C17H26N2O2/c1-3-10-19-12-13(6-7-16(19)20)18-14-11-15(21-4-2)17(14)8-5-9-17/h6-7,12,14-15,18H,3-5,8-11H2,1-2H3. The average Bonchev–Trinajstić information content (AvgIpc) is 2.39. The van der Waals surface area contributed by atoms with Crippen LogP contribution in [0.5, 0.6) is 0 Å². The van der Waals surface area contributed by atoms with Crippen molar-refractivity contribution in [1.29, 1.82) is 0 Å². The molecule has 2 atom stereocenters. The minimum atomic E-state index is 0.0848. The summed E-state index contributed by atoms with van der Waals surface area (Å²) in [6, 6.07) is 4.08. The number of ether oxygens (including phenoxy) is 1. The van der Waals surface area contributed by atoms with Crippen LogP contribution >= 0.6 is 0 Å². The molecule has 2 aliphatic rings. The predicted octanol–water partition coefficient (Wildman–Crippen LogP) is 3.02. The van der Waals surface area contributed by atoms with E-state index in [1.165, 1.54) is 19.3 Å². The fraction of sp³-hybridized carbons (Fsp3) is 0.706. The average molecular weight is 290 g/mol. The molecule has 1 aromatic rings. The number of nitrogens with zero attached hydrogens (tertiary/aromatic N) is 1. The Bertz CT molecular complexity index is 548. The highest BCUT2D eigenvalue weighted by molar-refractivity contribution is 5.43. The zero-order valence-electron chi connectivity index (χ0n) is 13.1. The molecule has 0 aromatic carbocycles. The second-order valence-corrected chi connectivity index (χ2v) is 6.41. The van der Waals surface area contributed by atoms with Crippen LogP contribution in [0.4, 0.5) is 5.69 Å². The van der Waals surface area contributed by atoms with Crippen LogP contribution in [0, 0.1) is 5.41 Å². The maximum Gasteiger partial charge on any atom is 0.250 e. The molecule has 2 fully saturated rings. The van der Waals surface area contributed by atoms with Gasteiger partial charge in [-0.15, -0.1) is 0 Å². The first-order valence-corrected chi connectivity index (χ1v) is 8.28. The molecule has 2 unspecified atom stereocenters. The third-order valence-electron chi connectivity index (χ3n) is 5.23. The van der Waals surface area contributed by atoms with Crippen molar-refractivity contribution in [3.05, 3.63) is 28.7 Å². The summed E-state index contributed by atoms with van der Waals surface area (Å²) >= 11 is 0. The molecule has 2 aliphatic carbocycles. The first-order valence-electron chi connectivity index (χ1n) is 8.28. The summed E-state index contributed by atoms with van der Waals surface area (Å²) in [6.07, 6.45) is 8.30. The van der Waals surface area contributed by atoms with Crippen LogP contribution in [0.3, 0.4) is 0 Å². The van der Waals surface area contributed by atoms with Gasteiger partial charge in [0, 0.05) is 36.9 Å². The predicted molar refractivity (Wildman–Crippen MR) is 84.7 cm³/mol. The molecule has 0 amide bonds. The van der Waals surface area contributed by atoms with Crippen molar-refractivity contribution >= 4 is 5.69 Å². The zero-order valence-corrected chi connectivity index (χ0v) is 13.1. The molecule has 3 rings (SSSR count). The molecule has 1 spiro atoms. The van der Waals surface area contributed by atoms with Gasteiger partial charge in [-0.1, -0.05) is 13.3 Å². The molecule has 0 bridgehead atoms. The Morgan fingerprint density at radius 2 is 2.19 bits per heavy atom. The van der Waals surface area contributed by atoms with E-state index in [-0.39, 0.29) is 5.56 Å². The minimum Gasteiger partial charge on any atom is -0.380 e. The fourth-order valence-corrected chi connectivity index (χ4v) is 3.87. The molecule has 1 N–H and O–H groups in total. The second kappa shape index (κ2) is 5.84. The summed E-state index contributed by atoms with van der Waals surface area (Å²) in [6.45, 7) is 5.76. The number of hydrogen-bond donors (Lipinski definition) is 1. The van der Waals surface area contributed by atoms with Crippen LogP contribution in [0.15, 0.2) is 23.1 Å². The summed E-state index contributed by atoms with van der Waals surface area (Å²) in [5, 5.41) is 3.65. The molecule has 0 radical (unpaired) electrons.